The quantitative estimate of drug-likeness (QED) is 0.250. The number of allylic oxidation sites excluding steroid dienone is 1. The third kappa shape index (κ3) is 3.46. The molecule has 1 heterocycles. The van der Waals surface area contributed by atoms with Gasteiger partial charge in [0.15, 0.2) is 5.78 Å². The van der Waals surface area contributed by atoms with E-state index in [1.54, 1.807) is 25.3 Å². The number of methoxy groups -OCH3 is 3. The molecule has 5 nitrogen and oxygen atoms in total. The second-order valence-electron chi connectivity index (χ2n) is 6.66. The van der Waals surface area contributed by atoms with E-state index in [9.17, 15) is 4.79 Å². The summed E-state index contributed by atoms with van der Waals surface area (Å²) in [5.41, 5.74) is 3.04. The molecule has 0 amide bonds. The summed E-state index contributed by atoms with van der Waals surface area (Å²) in [5, 5.41) is 1.96. The molecule has 0 saturated carbocycles. The monoisotopic (exact) mass is 399 g/mol. The van der Waals surface area contributed by atoms with Crippen LogP contribution in [0, 0.1) is 0 Å². The van der Waals surface area contributed by atoms with Crippen LogP contribution in [0.2, 0.25) is 0 Å². The Labute approximate surface area is 174 Å². The highest BCUT2D eigenvalue weighted by molar-refractivity contribution is 6.13. The van der Waals surface area contributed by atoms with Gasteiger partial charge in [0.1, 0.15) is 22.8 Å². The molecule has 0 aliphatic carbocycles. The molecule has 4 aromatic rings. The normalized spacial score (nSPS) is 11.2. The van der Waals surface area contributed by atoms with Gasteiger partial charge in [-0.3, -0.25) is 4.79 Å². The molecule has 150 valence electrons. The third-order valence-electron chi connectivity index (χ3n) is 4.99. The third-order valence-corrected chi connectivity index (χ3v) is 4.99. The lowest BCUT2D eigenvalue weighted by Crippen LogP contribution is -2.03. The Balaban J connectivity index is 1.85. The Morgan fingerprint density at radius 2 is 1.33 bits per heavy atom. The number of benzene rings is 3. The number of carbonyl (C=O) groups is 1. The van der Waals surface area contributed by atoms with E-state index in [4.69, 9.17) is 19.2 Å². The first-order valence-electron chi connectivity index (χ1n) is 9.46. The van der Waals surface area contributed by atoms with E-state index in [1.165, 1.54) is 14.2 Å². The van der Waals surface area contributed by atoms with Crippen LogP contribution in [0.1, 0.15) is 15.9 Å². The Morgan fingerprint density at radius 1 is 0.800 bits per heavy atom. The molecule has 1 aromatic heterocycles. The maximum Gasteiger partial charge on any atom is 0.193 e. The zero-order valence-electron chi connectivity index (χ0n) is 17.0. The summed E-state index contributed by atoms with van der Waals surface area (Å²) in [4.78, 5) is 17.9. The predicted molar refractivity (Wildman–Crippen MR) is 119 cm³/mol. The fraction of sp³-hybridized carbons (Fsp3) is 0.120. The van der Waals surface area contributed by atoms with Crippen molar-refractivity contribution in [3.05, 3.63) is 77.9 Å². The fourth-order valence-electron chi connectivity index (χ4n) is 3.54. The van der Waals surface area contributed by atoms with Gasteiger partial charge in [0.2, 0.25) is 0 Å². The maximum absolute atomic E-state index is 13.1. The Hall–Kier alpha value is -3.86. The van der Waals surface area contributed by atoms with Crippen molar-refractivity contribution in [2.75, 3.05) is 21.3 Å². The lowest BCUT2D eigenvalue weighted by atomic mass is 10.0. The van der Waals surface area contributed by atoms with E-state index < -0.39 is 0 Å². The van der Waals surface area contributed by atoms with Crippen LogP contribution in [0.4, 0.5) is 0 Å². The van der Waals surface area contributed by atoms with Gasteiger partial charge in [-0.2, -0.15) is 0 Å². The minimum absolute atomic E-state index is 0.226. The lowest BCUT2D eigenvalue weighted by molar-refractivity contribution is 0.104. The summed E-state index contributed by atoms with van der Waals surface area (Å²) in [6.07, 6.45) is 3.37. The first-order valence-corrected chi connectivity index (χ1v) is 9.46. The number of ether oxygens (including phenoxy) is 3. The van der Waals surface area contributed by atoms with E-state index in [0.717, 1.165) is 27.4 Å². The summed E-state index contributed by atoms with van der Waals surface area (Å²) < 4.78 is 16.1. The van der Waals surface area contributed by atoms with Gasteiger partial charge in [-0.05, 0) is 29.8 Å². The lowest BCUT2D eigenvalue weighted by Gasteiger charge is -2.13. The molecule has 0 fully saturated rings. The Morgan fingerprint density at radius 3 is 1.83 bits per heavy atom. The minimum atomic E-state index is -0.226. The molecular formula is C25H21NO4. The Kier molecular flexibility index (Phi) is 5.35. The van der Waals surface area contributed by atoms with Gasteiger partial charge < -0.3 is 14.2 Å². The second kappa shape index (κ2) is 8.25. The first kappa shape index (κ1) is 19.5. The van der Waals surface area contributed by atoms with E-state index >= 15 is 0 Å². The molecule has 0 spiro atoms. The number of nitrogens with zero attached hydrogens (tertiary/aromatic N) is 1. The molecular weight excluding hydrogens is 378 g/mol. The van der Waals surface area contributed by atoms with Gasteiger partial charge in [-0.15, -0.1) is 0 Å². The molecule has 4 rings (SSSR count). The molecule has 0 atom stereocenters. The van der Waals surface area contributed by atoms with Crippen LogP contribution < -0.4 is 14.2 Å². The Bertz CT molecular complexity index is 1200. The van der Waals surface area contributed by atoms with Crippen LogP contribution in [-0.2, 0) is 0 Å². The van der Waals surface area contributed by atoms with Crippen LogP contribution in [-0.4, -0.2) is 32.1 Å². The largest absolute Gasteiger partial charge is 0.496 e. The van der Waals surface area contributed by atoms with Crippen molar-refractivity contribution in [2.45, 2.75) is 0 Å². The van der Waals surface area contributed by atoms with E-state index in [-0.39, 0.29) is 5.78 Å². The van der Waals surface area contributed by atoms with Crippen LogP contribution >= 0.6 is 0 Å². The second-order valence-corrected chi connectivity index (χ2v) is 6.66. The van der Waals surface area contributed by atoms with E-state index in [2.05, 4.69) is 0 Å². The molecule has 0 aliphatic heterocycles. The van der Waals surface area contributed by atoms with Gasteiger partial charge in [0.05, 0.1) is 32.4 Å². The SMILES string of the molecule is COc1cc(OC)c(C(=O)/C=C/c2c3ccccc3nc3ccccc23)c(OC)c1. The summed E-state index contributed by atoms with van der Waals surface area (Å²) in [6, 6.07) is 19.1. The van der Waals surface area contributed by atoms with Crippen molar-refractivity contribution in [1.29, 1.82) is 0 Å². The standard InChI is InChI=1S/C25H21NO4/c1-28-16-14-23(29-2)25(24(15-16)30-3)22(27)13-12-17-18-8-4-6-10-20(18)26-21-11-7-5-9-19(17)21/h4-15H,1-3H3/b13-12+. The molecule has 0 bridgehead atoms. The number of ketones is 1. The number of hydrogen-bond acceptors (Lipinski definition) is 5. The number of pyridine rings is 1. The van der Waals surface area contributed by atoms with Crippen molar-refractivity contribution >= 4 is 33.7 Å². The molecule has 0 radical (unpaired) electrons. The average Bonchev–Trinajstić information content (AvgIpc) is 2.80. The minimum Gasteiger partial charge on any atom is -0.496 e. The smallest absolute Gasteiger partial charge is 0.193 e. The average molecular weight is 399 g/mol. The highest BCUT2D eigenvalue weighted by Crippen LogP contribution is 2.35. The molecule has 3 aromatic carbocycles. The van der Waals surface area contributed by atoms with E-state index in [1.807, 2.05) is 54.6 Å². The molecule has 30 heavy (non-hydrogen) atoms. The number of rotatable bonds is 6. The number of para-hydroxylation sites is 2. The van der Waals surface area contributed by atoms with Gasteiger partial charge >= 0.3 is 0 Å². The van der Waals surface area contributed by atoms with Gasteiger partial charge in [0.25, 0.3) is 0 Å². The van der Waals surface area contributed by atoms with Crippen molar-refractivity contribution in [1.82, 2.24) is 4.98 Å². The number of carbonyl (C=O) groups excluding carboxylic acids is 1. The molecule has 0 unspecified atom stereocenters. The van der Waals surface area contributed by atoms with E-state index in [0.29, 0.717) is 22.8 Å². The van der Waals surface area contributed by atoms with Crippen molar-refractivity contribution < 1.29 is 19.0 Å². The number of hydrogen-bond donors (Lipinski definition) is 0. The molecule has 0 N–H and O–H groups in total. The van der Waals surface area contributed by atoms with Crippen molar-refractivity contribution in [3.63, 3.8) is 0 Å². The van der Waals surface area contributed by atoms with Gasteiger partial charge in [-0.1, -0.05) is 36.4 Å². The fourth-order valence-corrected chi connectivity index (χ4v) is 3.54. The zero-order chi connectivity index (χ0) is 21.1. The van der Waals surface area contributed by atoms with Crippen LogP contribution in [0.15, 0.2) is 66.7 Å². The summed E-state index contributed by atoms with van der Waals surface area (Å²) >= 11 is 0. The summed E-state index contributed by atoms with van der Waals surface area (Å²) in [6.45, 7) is 0. The van der Waals surface area contributed by atoms with Crippen molar-refractivity contribution in [3.8, 4) is 17.2 Å². The zero-order valence-corrected chi connectivity index (χ0v) is 17.0. The van der Waals surface area contributed by atoms with Gasteiger partial charge in [0, 0.05) is 22.9 Å². The number of aromatic nitrogens is 1. The number of fused-ring (bicyclic) bond motifs is 2. The summed E-state index contributed by atoms with van der Waals surface area (Å²) in [7, 11) is 4.58. The van der Waals surface area contributed by atoms with Gasteiger partial charge in [-0.25, -0.2) is 4.98 Å². The van der Waals surface area contributed by atoms with Crippen LogP contribution in [0.5, 0.6) is 17.2 Å². The molecule has 0 aliphatic rings. The highest BCUT2D eigenvalue weighted by atomic mass is 16.5. The highest BCUT2D eigenvalue weighted by Gasteiger charge is 2.19. The van der Waals surface area contributed by atoms with Crippen LogP contribution in [0.25, 0.3) is 27.9 Å². The van der Waals surface area contributed by atoms with Crippen molar-refractivity contribution in [2.24, 2.45) is 0 Å². The van der Waals surface area contributed by atoms with Crippen LogP contribution in [0.3, 0.4) is 0 Å². The predicted octanol–water partition coefficient (Wildman–Crippen LogP) is 5.31. The maximum atomic E-state index is 13.1. The first-order chi connectivity index (χ1) is 14.7. The molecule has 0 saturated heterocycles. The topological polar surface area (TPSA) is 57.7 Å². The summed E-state index contributed by atoms with van der Waals surface area (Å²) in [5.74, 6) is 1.11. The molecule has 5 heteroatoms.